The molecule has 0 radical (unpaired) electrons. The largest absolute Gasteiger partial charge is 0.507 e. The number of aromatic hydroxyl groups is 2. The van der Waals surface area contributed by atoms with E-state index in [4.69, 9.17) is 0 Å². The lowest BCUT2D eigenvalue weighted by molar-refractivity contribution is 0.103. The Hall–Kier alpha value is -4.18. The van der Waals surface area contributed by atoms with Gasteiger partial charge in [0.05, 0.1) is 11.1 Å². The van der Waals surface area contributed by atoms with Crippen LogP contribution in [0.5, 0.6) is 11.5 Å². The van der Waals surface area contributed by atoms with Crippen molar-refractivity contribution < 1.29 is 19.8 Å². The summed E-state index contributed by atoms with van der Waals surface area (Å²) < 4.78 is 0. The third-order valence-electron chi connectivity index (χ3n) is 5.16. The van der Waals surface area contributed by atoms with Gasteiger partial charge >= 0.3 is 0 Å². The molecule has 0 saturated heterocycles. The molecule has 4 aromatic rings. The van der Waals surface area contributed by atoms with Crippen LogP contribution in [0.1, 0.15) is 43.0 Å². The molecule has 0 bridgehead atoms. The second kappa shape index (κ2) is 8.67. The molecule has 0 spiro atoms. The molecule has 0 heterocycles. The normalized spacial score (nSPS) is 10.6. The van der Waals surface area contributed by atoms with E-state index in [2.05, 4.69) is 0 Å². The fraction of sp³-hybridized carbons (Fsp3) is 0.0370. The van der Waals surface area contributed by atoms with Crippen LogP contribution in [0.25, 0.3) is 0 Å². The number of rotatable bonds is 6. The van der Waals surface area contributed by atoms with Crippen LogP contribution in [0, 0.1) is 0 Å². The summed E-state index contributed by atoms with van der Waals surface area (Å²) in [6.45, 7) is 0. The van der Waals surface area contributed by atoms with Crippen molar-refractivity contribution in [3.63, 3.8) is 0 Å². The first-order chi connectivity index (χ1) is 15.1. The van der Waals surface area contributed by atoms with Crippen LogP contribution in [0.3, 0.4) is 0 Å². The number of hydrogen-bond acceptors (Lipinski definition) is 4. The standard InChI is InChI=1S/C27H20O4/c28-24(19-12-6-2-7-13-19)22-17-23(25(29)20-14-8-3-9-15-20)27(31)21(26(22)30)16-18-10-4-1-5-11-18/h1-15,17,30-31H,16H2. The van der Waals surface area contributed by atoms with Gasteiger partial charge in [-0.1, -0.05) is 91.0 Å². The van der Waals surface area contributed by atoms with Crippen LogP contribution in [0.15, 0.2) is 97.1 Å². The highest BCUT2D eigenvalue weighted by atomic mass is 16.3. The summed E-state index contributed by atoms with van der Waals surface area (Å²) in [5.74, 6) is -1.48. The SMILES string of the molecule is O=C(c1ccccc1)c1cc(C(=O)c2ccccc2)c(O)c(Cc2ccccc2)c1O. The van der Waals surface area contributed by atoms with Crippen LogP contribution < -0.4 is 0 Å². The third kappa shape index (κ3) is 4.09. The zero-order chi connectivity index (χ0) is 21.8. The van der Waals surface area contributed by atoms with Gasteiger partial charge in [0, 0.05) is 23.1 Å². The van der Waals surface area contributed by atoms with Crippen LogP contribution in [0.4, 0.5) is 0 Å². The first kappa shape index (κ1) is 20.1. The Bertz CT molecular complexity index is 1150. The van der Waals surface area contributed by atoms with E-state index in [1.54, 1.807) is 60.7 Å². The van der Waals surface area contributed by atoms with Gasteiger partial charge in [0.15, 0.2) is 11.6 Å². The lowest BCUT2D eigenvalue weighted by Crippen LogP contribution is -2.09. The van der Waals surface area contributed by atoms with Crippen LogP contribution >= 0.6 is 0 Å². The highest BCUT2D eigenvalue weighted by Crippen LogP contribution is 2.38. The minimum absolute atomic E-state index is 0.0192. The number of ketones is 2. The van der Waals surface area contributed by atoms with E-state index >= 15 is 0 Å². The molecule has 2 N–H and O–H groups in total. The van der Waals surface area contributed by atoms with Gasteiger partial charge in [0.25, 0.3) is 0 Å². The average Bonchev–Trinajstić information content (AvgIpc) is 2.83. The Kier molecular flexibility index (Phi) is 5.63. The molecule has 0 fully saturated rings. The van der Waals surface area contributed by atoms with E-state index in [9.17, 15) is 19.8 Å². The summed E-state index contributed by atoms with van der Waals surface area (Å²) in [4.78, 5) is 26.3. The highest BCUT2D eigenvalue weighted by molar-refractivity contribution is 6.16. The molecule has 152 valence electrons. The monoisotopic (exact) mass is 408 g/mol. The number of phenolic OH excluding ortho intramolecular Hbond substituents is 2. The topological polar surface area (TPSA) is 74.6 Å². The molecular formula is C27H20O4. The van der Waals surface area contributed by atoms with Gasteiger partial charge < -0.3 is 10.2 Å². The predicted octanol–water partition coefficient (Wildman–Crippen LogP) is 5.15. The van der Waals surface area contributed by atoms with Crippen molar-refractivity contribution in [1.82, 2.24) is 0 Å². The molecule has 0 atom stereocenters. The van der Waals surface area contributed by atoms with Crippen molar-refractivity contribution in [2.45, 2.75) is 6.42 Å². The van der Waals surface area contributed by atoms with Gasteiger partial charge in [-0.05, 0) is 11.6 Å². The quantitative estimate of drug-likeness (QED) is 0.433. The Morgan fingerprint density at radius 3 is 1.39 bits per heavy atom. The van der Waals surface area contributed by atoms with Crippen LogP contribution in [-0.4, -0.2) is 21.8 Å². The van der Waals surface area contributed by atoms with E-state index in [0.29, 0.717) is 11.1 Å². The molecule has 4 rings (SSSR count). The third-order valence-corrected chi connectivity index (χ3v) is 5.16. The minimum atomic E-state index is -0.422. The van der Waals surface area contributed by atoms with Crippen LogP contribution in [-0.2, 0) is 6.42 Å². The van der Waals surface area contributed by atoms with Gasteiger partial charge in [-0.15, -0.1) is 0 Å². The highest BCUT2D eigenvalue weighted by Gasteiger charge is 2.26. The second-order valence-electron chi connectivity index (χ2n) is 7.20. The summed E-state index contributed by atoms with van der Waals surface area (Å²) in [5.41, 5.74) is 1.70. The molecule has 4 heteroatoms. The summed E-state index contributed by atoms with van der Waals surface area (Å²) in [5, 5.41) is 21.9. The van der Waals surface area contributed by atoms with Crippen molar-refractivity contribution in [3.8, 4) is 11.5 Å². The zero-order valence-corrected chi connectivity index (χ0v) is 16.7. The number of benzene rings is 4. The predicted molar refractivity (Wildman–Crippen MR) is 119 cm³/mol. The molecule has 0 aliphatic rings. The second-order valence-corrected chi connectivity index (χ2v) is 7.20. The summed E-state index contributed by atoms with van der Waals surface area (Å²) >= 11 is 0. The minimum Gasteiger partial charge on any atom is -0.507 e. The number of carbonyl (C=O) groups excluding carboxylic acids is 2. The Morgan fingerprint density at radius 2 is 0.968 bits per heavy atom. The van der Waals surface area contributed by atoms with Crippen molar-refractivity contribution in [2.24, 2.45) is 0 Å². The summed E-state index contributed by atoms with van der Waals surface area (Å²) in [6, 6.07) is 27.6. The summed E-state index contributed by atoms with van der Waals surface area (Å²) in [6.07, 6.45) is 0.170. The molecule has 0 aliphatic carbocycles. The first-order valence-corrected chi connectivity index (χ1v) is 9.87. The van der Waals surface area contributed by atoms with E-state index in [1.807, 2.05) is 30.3 Å². The molecule has 0 amide bonds. The van der Waals surface area contributed by atoms with E-state index < -0.39 is 11.6 Å². The van der Waals surface area contributed by atoms with E-state index in [-0.39, 0.29) is 34.6 Å². The smallest absolute Gasteiger partial charge is 0.196 e. The fourth-order valence-corrected chi connectivity index (χ4v) is 3.52. The van der Waals surface area contributed by atoms with Gasteiger partial charge in [-0.25, -0.2) is 0 Å². The Labute approximate surface area is 180 Å². The molecule has 0 unspecified atom stereocenters. The number of hydrogen-bond donors (Lipinski definition) is 2. The molecule has 0 aliphatic heterocycles. The molecule has 31 heavy (non-hydrogen) atoms. The maximum atomic E-state index is 13.1. The molecule has 0 saturated carbocycles. The van der Waals surface area contributed by atoms with Gasteiger partial charge in [0.2, 0.25) is 0 Å². The number of phenols is 2. The molecule has 4 nitrogen and oxygen atoms in total. The van der Waals surface area contributed by atoms with Crippen LogP contribution in [0.2, 0.25) is 0 Å². The van der Waals surface area contributed by atoms with Crippen molar-refractivity contribution >= 4 is 11.6 Å². The van der Waals surface area contributed by atoms with Crippen molar-refractivity contribution in [2.75, 3.05) is 0 Å². The maximum Gasteiger partial charge on any atom is 0.196 e. The van der Waals surface area contributed by atoms with Crippen molar-refractivity contribution in [3.05, 3.63) is 130 Å². The molecule has 4 aromatic carbocycles. The van der Waals surface area contributed by atoms with E-state index in [1.165, 1.54) is 6.07 Å². The van der Waals surface area contributed by atoms with Gasteiger partial charge in [-0.2, -0.15) is 0 Å². The lowest BCUT2D eigenvalue weighted by atomic mass is 9.90. The Balaban J connectivity index is 1.89. The zero-order valence-electron chi connectivity index (χ0n) is 16.7. The fourth-order valence-electron chi connectivity index (χ4n) is 3.52. The number of carbonyl (C=O) groups is 2. The lowest BCUT2D eigenvalue weighted by Gasteiger charge is -2.15. The first-order valence-electron chi connectivity index (χ1n) is 9.87. The molecule has 0 aromatic heterocycles. The van der Waals surface area contributed by atoms with Crippen molar-refractivity contribution in [1.29, 1.82) is 0 Å². The average molecular weight is 408 g/mol. The summed E-state index contributed by atoms with van der Waals surface area (Å²) in [7, 11) is 0. The maximum absolute atomic E-state index is 13.1. The van der Waals surface area contributed by atoms with Gasteiger partial charge in [-0.3, -0.25) is 9.59 Å². The van der Waals surface area contributed by atoms with Gasteiger partial charge in [0.1, 0.15) is 11.5 Å². The Morgan fingerprint density at radius 1 is 0.581 bits per heavy atom. The van der Waals surface area contributed by atoms with E-state index in [0.717, 1.165) is 5.56 Å². The molecular weight excluding hydrogens is 388 g/mol.